The Morgan fingerprint density at radius 1 is 1.06 bits per heavy atom. The van der Waals surface area contributed by atoms with Gasteiger partial charge in [-0.3, -0.25) is 4.79 Å². The number of aromatic nitrogens is 2. The van der Waals surface area contributed by atoms with Crippen LogP contribution in [0.25, 0.3) is 11.3 Å². The lowest BCUT2D eigenvalue weighted by atomic mass is 9.97. The van der Waals surface area contributed by atoms with Crippen molar-refractivity contribution in [2.75, 3.05) is 44.2 Å². The summed E-state index contributed by atoms with van der Waals surface area (Å²) in [5.74, 6) is 1.05. The van der Waals surface area contributed by atoms with Crippen molar-refractivity contribution in [3.8, 4) is 11.3 Å². The van der Waals surface area contributed by atoms with E-state index in [9.17, 15) is 4.79 Å². The maximum Gasteiger partial charge on any atom is 0.224 e. The lowest BCUT2D eigenvalue weighted by Crippen LogP contribution is -2.44. The van der Waals surface area contributed by atoms with Crippen LogP contribution in [0.2, 0.25) is 0 Å². The highest BCUT2D eigenvalue weighted by Gasteiger charge is 2.26. The molecule has 1 atom stereocenters. The van der Waals surface area contributed by atoms with E-state index < -0.39 is 0 Å². The van der Waals surface area contributed by atoms with Crippen molar-refractivity contribution in [3.05, 3.63) is 42.0 Å². The SMILES string of the molecule is CCCN(CCC)CCCNC(=O)C1CCCN(c2ccc(-c3ccc(C)cc3)nn2)C1. The number of anilines is 1. The van der Waals surface area contributed by atoms with Crippen LogP contribution in [0.4, 0.5) is 5.82 Å². The molecule has 1 aliphatic heterocycles. The Hall–Kier alpha value is -2.47. The second kappa shape index (κ2) is 12.5. The molecule has 1 amide bonds. The van der Waals surface area contributed by atoms with Crippen molar-refractivity contribution >= 4 is 11.7 Å². The summed E-state index contributed by atoms with van der Waals surface area (Å²) in [5.41, 5.74) is 3.18. The zero-order valence-electron chi connectivity index (χ0n) is 20.0. The molecule has 0 bridgehead atoms. The number of carbonyl (C=O) groups excluding carboxylic acids is 1. The third-order valence-electron chi connectivity index (χ3n) is 6.14. The molecule has 2 heterocycles. The van der Waals surface area contributed by atoms with Crippen LogP contribution >= 0.6 is 0 Å². The summed E-state index contributed by atoms with van der Waals surface area (Å²) in [6, 6.07) is 12.4. The Bertz CT molecular complexity index is 815. The van der Waals surface area contributed by atoms with E-state index in [-0.39, 0.29) is 11.8 Å². The van der Waals surface area contributed by atoms with Gasteiger partial charge in [-0.25, -0.2) is 0 Å². The number of aryl methyl sites for hydroxylation is 1. The van der Waals surface area contributed by atoms with Gasteiger partial charge in [0.15, 0.2) is 5.82 Å². The Balaban J connectivity index is 1.48. The Kier molecular flexibility index (Phi) is 9.47. The van der Waals surface area contributed by atoms with E-state index in [0.29, 0.717) is 6.54 Å². The van der Waals surface area contributed by atoms with E-state index in [1.54, 1.807) is 0 Å². The van der Waals surface area contributed by atoms with Gasteiger partial charge in [-0.1, -0.05) is 43.7 Å². The van der Waals surface area contributed by atoms with Gasteiger partial charge in [0, 0.05) is 25.2 Å². The first-order valence-corrected chi connectivity index (χ1v) is 12.3. The number of piperidine rings is 1. The standard InChI is InChI=1S/C26H39N5O/c1-4-16-30(17-5-2)18-7-15-27-26(32)23-8-6-19-31(20-23)25-14-13-24(28-29-25)22-11-9-21(3)10-12-22/h9-14,23H,4-8,15-20H2,1-3H3,(H,27,32). The number of rotatable bonds is 11. The predicted molar refractivity (Wildman–Crippen MR) is 132 cm³/mol. The lowest BCUT2D eigenvalue weighted by Gasteiger charge is -2.32. The highest BCUT2D eigenvalue weighted by molar-refractivity contribution is 5.79. The van der Waals surface area contributed by atoms with Gasteiger partial charge < -0.3 is 15.1 Å². The minimum absolute atomic E-state index is 0.0183. The van der Waals surface area contributed by atoms with Gasteiger partial charge in [0.1, 0.15) is 0 Å². The predicted octanol–water partition coefficient (Wildman–Crippen LogP) is 4.30. The van der Waals surface area contributed by atoms with Gasteiger partial charge in [-0.2, -0.15) is 0 Å². The zero-order valence-corrected chi connectivity index (χ0v) is 20.0. The molecule has 32 heavy (non-hydrogen) atoms. The number of amides is 1. The Morgan fingerprint density at radius 3 is 2.47 bits per heavy atom. The summed E-state index contributed by atoms with van der Waals surface area (Å²) < 4.78 is 0. The fraction of sp³-hybridized carbons (Fsp3) is 0.577. The van der Waals surface area contributed by atoms with Crippen LogP contribution in [0.15, 0.2) is 36.4 Å². The van der Waals surface area contributed by atoms with Crippen LogP contribution in [0, 0.1) is 12.8 Å². The number of nitrogens with zero attached hydrogens (tertiary/aromatic N) is 4. The van der Waals surface area contributed by atoms with Crippen molar-refractivity contribution in [1.29, 1.82) is 0 Å². The molecule has 0 spiro atoms. The van der Waals surface area contributed by atoms with E-state index in [1.165, 1.54) is 18.4 Å². The quantitative estimate of drug-likeness (QED) is 0.531. The summed E-state index contributed by atoms with van der Waals surface area (Å²) in [6.45, 7) is 12.3. The van der Waals surface area contributed by atoms with Crippen molar-refractivity contribution in [3.63, 3.8) is 0 Å². The topological polar surface area (TPSA) is 61.4 Å². The summed E-state index contributed by atoms with van der Waals surface area (Å²) >= 11 is 0. The van der Waals surface area contributed by atoms with E-state index in [1.807, 2.05) is 12.1 Å². The van der Waals surface area contributed by atoms with Crippen molar-refractivity contribution < 1.29 is 4.79 Å². The van der Waals surface area contributed by atoms with Crippen LogP contribution in [0.5, 0.6) is 0 Å². The fourth-order valence-electron chi connectivity index (χ4n) is 4.40. The maximum absolute atomic E-state index is 12.8. The van der Waals surface area contributed by atoms with Crippen LogP contribution in [-0.4, -0.2) is 60.3 Å². The monoisotopic (exact) mass is 437 g/mol. The van der Waals surface area contributed by atoms with E-state index in [2.05, 4.69) is 70.4 Å². The number of benzene rings is 1. The first kappa shape index (κ1) is 24.2. The number of carbonyl (C=O) groups is 1. The molecule has 0 radical (unpaired) electrons. The molecule has 1 N–H and O–H groups in total. The minimum atomic E-state index is 0.0183. The van der Waals surface area contributed by atoms with Crippen LogP contribution < -0.4 is 10.2 Å². The third-order valence-corrected chi connectivity index (χ3v) is 6.14. The molecular weight excluding hydrogens is 398 g/mol. The summed E-state index contributed by atoms with van der Waals surface area (Å²) in [6.07, 6.45) is 5.31. The molecule has 1 saturated heterocycles. The summed E-state index contributed by atoms with van der Waals surface area (Å²) in [5, 5.41) is 12.1. The van der Waals surface area contributed by atoms with Crippen LogP contribution in [0.1, 0.15) is 51.5 Å². The van der Waals surface area contributed by atoms with Gasteiger partial charge in [0.25, 0.3) is 0 Å². The second-order valence-corrected chi connectivity index (χ2v) is 8.91. The van der Waals surface area contributed by atoms with Crippen LogP contribution in [0.3, 0.4) is 0 Å². The summed E-state index contributed by atoms with van der Waals surface area (Å²) in [7, 11) is 0. The molecule has 1 aromatic carbocycles. The number of hydrogen-bond acceptors (Lipinski definition) is 5. The lowest BCUT2D eigenvalue weighted by molar-refractivity contribution is -0.125. The molecule has 0 saturated carbocycles. The number of hydrogen-bond donors (Lipinski definition) is 1. The largest absolute Gasteiger partial charge is 0.356 e. The molecule has 6 nitrogen and oxygen atoms in total. The zero-order chi connectivity index (χ0) is 22.8. The van der Waals surface area contributed by atoms with Gasteiger partial charge >= 0.3 is 0 Å². The van der Waals surface area contributed by atoms with Gasteiger partial charge in [-0.05, 0) is 70.8 Å². The van der Waals surface area contributed by atoms with Gasteiger partial charge in [0.2, 0.25) is 5.91 Å². The average Bonchev–Trinajstić information content (AvgIpc) is 2.82. The van der Waals surface area contributed by atoms with Gasteiger partial charge in [0.05, 0.1) is 11.6 Å². The van der Waals surface area contributed by atoms with Gasteiger partial charge in [-0.15, -0.1) is 10.2 Å². The maximum atomic E-state index is 12.8. The van der Waals surface area contributed by atoms with E-state index >= 15 is 0 Å². The highest BCUT2D eigenvalue weighted by atomic mass is 16.1. The Labute approximate surface area is 193 Å². The Morgan fingerprint density at radius 2 is 1.81 bits per heavy atom. The first-order chi connectivity index (χ1) is 15.6. The normalized spacial score (nSPS) is 16.4. The molecule has 1 fully saturated rings. The average molecular weight is 438 g/mol. The van der Waals surface area contributed by atoms with Crippen LogP contribution in [-0.2, 0) is 4.79 Å². The molecule has 6 heteroatoms. The van der Waals surface area contributed by atoms with Crippen molar-refractivity contribution in [2.45, 2.75) is 52.9 Å². The van der Waals surface area contributed by atoms with Crippen molar-refractivity contribution in [2.24, 2.45) is 5.92 Å². The number of nitrogens with one attached hydrogen (secondary N) is 1. The molecule has 2 aromatic rings. The molecule has 174 valence electrons. The summed E-state index contributed by atoms with van der Waals surface area (Å²) in [4.78, 5) is 17.4. The molecule has 3 rings (SSSR count). The van der Waals surface area contributed by atoms with Crippen molar-refractivity contribution in [1.82, 2.24) is 20.4 Å². The molecule has 1 unspecified atom stereocenters. The first-order valence-electron chi connectivity index (χ1n) is 12.3. The second-order valence-electron chi connectivity index (χ2n) is 8.91. The fourth-order valence-corrected chi connectivity index (χ4v) is 4.40. The molecule has 0 aliphatic carbocycles. The van der Waals surface area contributed by atoms with E-state index in [0.717, 1.165) is 69.1 Å². The van der Waals surface area contributed by atoms with E-state index in [4.69, 9.17) is 0 Å². The molecule has 1 aliphatic rings. The molecule has 1 aromatic heterocycles. The minimum Gasteiger partial charge on any atom is -0.356 e. The third kappa shape index (κ3) is 7.02. The highest BCUT2D eigenvalue weighted by Crippen LogP contribution is 2.23. The molecular formula is C26H39N5O. The smallest absolute Gasteiger partial charge is 0.224 e.